The number of thiol groups is 1. The zero-order chi connectivity index (χ0) is 27.5. The fraction of sp³-hybridized carbons (Fsp3) is 0.957. The van der Waals surface area contributed by atoms with Crippen LogP contribution in [0.2, 0.25) is 0 Å². The van der Waals surface area contributed by atoms with Gasteiger partial charge in [0.05, 0.1) is 38.5 Å². The van der Waals surface area contributed by atoms with Gasteiger partial charge in [-0.25, -0.2) is 4.57 Å². The standard InChI is InChI=1S/C23H44N4O8P2S/c1-24-26-25-9-2-3-23(29)27-15-21(28)14-20(27)16-34-37(32,38)33-10-8-19-11-18(12-19)5-4-17-6-7-22(13-17)35-36(30)31/h17-22,28,36H,2-16H2,1H3,(H,24,25)(H,30,31)(H,32,38)/t17?,18?,19?,20-,21?,22-,37?/m1/s1. The van der Waals surface area contributed by atoms with Crippen molar-refractivity contribution in [2.75, 3.05) is 33.4 Å². The van der Waals surface area contributed by atoms with Crippen LogP contribution < -0.4 is 5.43 Å². The Hall–Kier alpha value is -0.520. The highest BCUT2D eigenvalue weighted by Crippen LogP contribution is 2.54. The quantitative estimate of drug-likeness (QED) is 0.0634. The second-order valence-corrected chi connectivity index (χ2v) is 14.4. The highest BCUT2D eigenvalue weighted by atomic mass is 32.7. The van der Waals surface area contributed by atoms with Crippen LogP contribution in [0.4, 0.5) is 0 Å². The molecule has 0 aromatic rings. The summed E-state index contributed by atoms with van der Waals surface area (Å²) in [7, 11) is -1.29. The zero-order valence-electron chi connectivity index (χ0n) is 22.2. The highest BCUT2D eigenvalue weighted by Gasteiger charge is 2.36. The first-order valence-corrected chi connectivity index (χ1v) is 17.6. The smallest absolute Gasteiger partial charge is 0.386 e. The van der Waals surface area contributed by atoms with Gasteiger partial charge in [0.2, 0.25) is 5.91 Å². The average Bonchev–Trinajstić information content (AvgIpc) is 3.43. The Kier molecular flexibility index (Phi) is 13.5. The van der Waals surface area contributed by atoms with Crippen molar-refractivity contribution in [3.8, 4) is 0 Å². The Morgan fingerprint density at radius 2 is 1.87 bits per heavy atom. The van der Waals surface area contributed by atoms with Crippen molar-refractivity contribution in [2.24, 2.45) is 28.1 Å². The van der Waals surface area contributed by atoms with Crippen molar-refractivity contribution in [1.29, 1.82) is 0 Å². The molecule has 0 aromatic heterocycles. The van der Waals surface area contributed by atoms with E-state index in [-0.39, 0.29) is 31.2 Å². The summed E-state index contributed by atoms with van der Waals surface area (Å²) in [5.74, 6) is 1.72. The number of hydrogen-bond donors (Lipinski definition) is 4. The number of amides is 1. The number of rotatable bonds is 17. The molecule has 220 valence electrons. The number of nitrogens with zero attached hydrogens (tertiary/aromatic N) is 3. The van der Waals surface area contributed by atoms with Crippen molar-refractivity contribution >= 4 is 33.2 Å². The number of hydrogen-bond acceptors (Lipinski definition) is 9. The molecule has 2 saturated carbocycles. The molecule has 1 amide bonds. The first-order valence-electron chi connectivity index (χ1n) is 13.7. The minimum Gasteiger partial charge on any atom is -0.391 e. The fourth-order valence-electron chi connectivity index (χ4n) is 5.85. The van der Waals surface area contributed by atoms with Crippen LogP contribution in [-0.4, -0.2) is 72.4 Å². The van der Waals surface area contributed by atoms with Crippen molar-refractivity contribution < 1.29 is 37.5 Å². The summed E-state index contributed by atoms with van der Waals surface area (Å²) in [6.07, 6.45) is 8.73. The van der Waals surface area contributed by atoms with E-state index in [9.17, 15) is 19.0 Å². The molecular formula is C23H44N4O8P2S. The van der Waals surface area contributed by atoms with E-state index in [1.807, 2.05) is 0 Å². The summed E-state index contributed by atoms with van der Waals surface area (Å²) in [6.45, 7) is -2.51. The lowest BCUT2D eigenvalue weighted by molar-refractivity contribution is -0.133. The Morgan fingerprint density at radius 3 is 2.61 bits per heavy atom. The zero-order valence-corrected chi connectivity index (χ0v) is 24.9. The van der Waals surface area contributed by atoms with Crippen LogP contribution in [-0.2, 0) is 27.5 Å². The SMILES string of the molecule is C/N=N\NCCCC(=O)N1CC(O)C[C@@H]1COP(=O)(S)OCCC1CC(CCC2CC[C@@H](O[PH](=O)O)C2)C1. The Morgan fingerprint density at radius 1 is 1.13 bits per heavy atom. The first kappa shape index (κ1) is 32.0. The number of aliphatic hydroxyl groups excluding tert-OH is 1. The summed E-state index contributed by atoms with van der Waals surface area (Å²) in [6, 6.07) is -0.370. The summed E-state index contributed by atoms with van der Waals surface area (Å²) < 4.78 is 39.6. The maximum absolute atomic E-state index is 12.7. The van der Waals surface area contributed by atoms with Crippen LogP contribution in [0.5, 0.6) is 0 Å². The Labute approximate surface area is 231 Å². The monoisotopic (exact) mass is 598 g/mol. The Balaban J connectivity index is 1.26. The van der Waals surface area contributed by atoms with Crippen LogP contribution in [0.15, 0.2) is 10.3 Å². The van der Waals surface area contributed by atoms with Crippen molar-refractivity contribution in [3.05, 3.63) is 0 Å². The third kappa shape index (κ3) is 11.2. The van der Waals surface area contributed by atoms with E-state index in [0.717, 1.165) is 44.9 Å². The molecule has 0 aromatic carbocycles. The van der Waals surface area contributed by atoms with Gasteiger partial charge in [-0.2, -0.15) is 5.11 Å². The van der Waals surface area contributed by atoms with Gasteiger partial charge in [-0.15, -0.1) is 0 Å². The molecule has 3 aliphatic rings. The van der Waals surface area contributed by atoms with E-state index in [2.05, 4.69) is 28.0 Å². The van der Waals surface area contributed by atoms with Crippen LogP contribution >= 0.6 is 27.3 Å². The number of nitrogens with one attached hydrogen (secondary N) is 1. The van der Waals surface area contributed by atoms with Crippen molar-refractivity contribution in [3.63, 3.8) is 0 Å². The van der Waals surface area contributed by atoms with Gasteiger partial charge < -0.3 is 23.9 Å². The first-order chi connectivity index (χ1) is 18.1. The molecule has 3 fully saturated rings. The summed E-state index contributed by atoms with van der Waals surface area (Å²) in [5, 5.41) is 17.3. The number of likely N-dealkylation sites (tertiary alicyclic amines) is 1. The number of β-amino-alcohol motifs (C(OH)–C–C–N with tert-alkyl or cyclic N) is 1. The van der Waals surface area contributed by atoms with Crippen LogP contribution in [0, 0.1) is 17.8 Å². The molecule has 1 aliphatic heterocycles. The average molecular weight is 599 g/mol. The van der Waals surface area contributed by atoms with Gasteiger partial charge in [-0.1, -0.05) is 30.3 Å². The second-order valence-electron chi connectivity index (χ2n) is 10.8. The van der Waals surface area contributed by atoms with Gasteiger partial charge in [-0.05, 0) is 69.1 Å². The van der Waals surface area contributed by atoms with E-state index in [4.69, 9.17) is 18.5 Å². The third-order valence-corrected chi connectivity index (χ3v) is 10.1. The van der Waals surface area contributed by atoms with Crippen molar-refractivity contribution in [1.82, 2.24) is 10.3 Å². The van der Waals surface area contributed by atoms with Crippen molar-refractivity contribution in [2.45, 2.75) is 88.9 Å². The molecule has 6 atom stereocenters. The molecular weight excluding hydrogens is 554 g/mol. The molecule has 2 aliphatic carbocycles. The molecule has 15 heteroatoms. The predicted molar refractivity (Wildman–Crippen MR) is 146 cm³/mol. The molecule has 0 radical (unpaired) electrons. The summed E-state index contributed by atoms with van der Waals surface area (Å²) in [4.78, 5) is 23.1. The number of aliphatic hydroxyl groups is 1. The van der Waals surface area contributed by atoms with Gasteiger partial charge in [-0.3, -0.25) is 19.3 Å². The molecule has 12 nitrogen and oxygen atoms in total. The molecule has 4 unspecified atom stereocenters. The maximum atomic E-state index is 12.7. The predicted octanol–water partition coefficient (Wildman–Crippen LogP) is 4.15. The van der Waals surface area contributed by atoms with Crippen LogP contribution in [0.25, 0.3) is 0 Å². The van der Waals surface area contributed by atoms with Crippen LogP contribution in [0.3, 0.4) is 0 Å². The lowest BCUT2D eigenvalue weighted by Crippen LogP contribution is -2.38. The van der Waals surface area contributed by atoms with E-state index in [0.29, 0.717) is 50.2 Å². The van der Waals surface area contributed by atoms with Gasteiger partial charge in [0.15, 0.2) is 0 Å². The lowest BCUT2D eigenvalue weighted by atomic mass is 9.71. The summed E-state index contributed by atoms with van der Waals surface area (Å²) in [5.41, 5.74) is 2.74. The lowest BCUT2D eigenvalue weighted by Gasteiger charge is -2.36. The topological polar surface area (TPSA) is 159 Å². The minimum absolute atomic E-state index is 0.000175. The van der Waals surface area contributed by atoms with Gasteiger partial charge in [0.1, 0.15) is 0 Å². The third-order valence-electron chi connectivity index (χ3n) is 7.85. The number of carbonyl (C=O) groups excluding carboxylic acids is 1. The normalized spacial score (nSPS) is 31.8. The van der Waals surface area contributed by atoms with E-state index in [1.165, 1.54) is 6.42 Å². The molecule has 1 heterocycles. The van der Waals surface area contributed by atoms with E-state index in [1.54, 1.807) is 11.9 Å². The minimum atomic E-state index is -3.56. The summed E-state index contributed by atoms with van der Waals surface area (Å²) >= 11 is 4.10. The molecule has 3 rings (SSSR count). The molecule has 38 heavy (non-hydrogen) atoms. The second kappa shape index (κ2) is 16.1. The van der Waals surface area contributed by atoms with Gasteiger partial charge in [0.25, 0.3) is 0 Å². The van der Waals surface area contributed by atoms with Gasteiger partial charge >= 0.3 is 15.1 Å². The maximum Gasteiger partial charge on any atom is 0.386 e. The van der Waals surface area contributed by atoms with Gasteiger partial charge in [0, 0.05) is 19.5 Å². The number of carbonyl (C=O) groups is 1. The highest BCUT2D eigenvalue weighted by molar-refractivity contribution is 8.44. The Bertz CT molecular complexity index is 850. The molecule has 1 saturated heterocycles. The molecule has 0 spiro atoms. The van der Waals surface area contributed by atoms with E-state index < -0.39 is 21.2 Å². The molecule has 3 N–H and O–H groups in total. The van der Waals surface area contributed by atoms with E-state index >= 15 is 0 Å². The fourth-order valence-corrected chi connectivity index (χ4v) is 7.56. The largest absolute Gasteiger partial charge is 0.391 e. The molecule has 0 bridgehead atoms. The van der Waals surface area contributed by atoms with Crippen LogP contribution in [0.1, 0.15) is 70.6 Å².